The van der Waals surface area contributed by atoms with Crippen molar-refractivity contribution in [1.29, 1.82) is 0 Å². The van der Waals surface area contributed by atoms with Gasteiger partial charge in [0.05, 0.1) is 5.52 Å². The van der Waals surface area contributed by atoms with E-state index in [1.54, 1.807) is 0 Å². The molecule has 0 radical (unpaired) electrons. The summed E-state index contributed by atoms with van der Waals surface area (Å²) >= 11 is 0. The standard InChI is InChI=1S/C20H27N3O/c1-4-16(5-2)20(24)23-12-10-22(11-13-23)19-14-15(3)17-8-6-7-9-18(17)21-19/h6-9,14,16H,4-5,10-13H2,1-3H3. The zero-order valence-electron chi connectivity index (χ0n) is 15.0. The molecular weight excluding hydrogens is 298 g/mol. The number of para-hydroxylation sites is 1. The molecule has 0 aliphatic carbocycles. The summed E-state index contributed by atoms with van der Waals surface area (Å²) in [6, 6.07) is 10.4. The van der Waals surface area contributed by atoms with E-state index in [9.17, 15) is 4.79 Å². The molecule has 0 unspecified atom stereocenters. The van der Waals surface area contributed by atoms with E-state index < -0.39 is 0 Å². The fraction of sp³-hybridized carbons (Fsp3) is 0.500. The molecule has 0 bridgehead atoms. The number of fused-ring (bicyclic) bond motifs is 1. The number of carbonyl (C=O) groups excluding carboxylic acids is 1. The number of piperazine rings is 1. The van der Waals surface area contributed by atoms with Gasteiger partial charge >= 0.3 is 0 Å². The molecule has 4 heteroatoms. The van der Waals surface area contributed by atoms with Gasteiger partial charge in [0, 0.05) is 37.5 Å². The third-order valence-corrected chi connectivity index (χ3v) is 5.16. The van der Waals surface area contributed by atoms with E-state index in [1.807, 2.05) is 11.0 Å². The normalized spacial score (nSPS) is 15.3. The van der Waals surface area contributed by atoms with Crippen molar-refractivity contribution in [2.24, 2.45) is 5.92 Å². The second-order valence-electron chi connectivity index (χ2n) is 6.64. The Balaban J connectivity index is 1.72. The Morgan fingerprint density at radius 1 is 1.12 bits per heavy atom. The highest BCUT2D eigenvalue weighted by Gasteiger charge is 2.26. The van der Waals surface area contributed by atoms with Crippen molar-refractivity contribution < 1.29 is 4.79 Å². The summed E-state index contributed by atoms with van der Waals surface area (Å²) in [5.41, 5.74) is 2.30. The lowest BCUT2D eigenvalue weighted by molar-refractivity contribution is -0.136. The highest BCUT2D eigenvalue weighted by molar-refractivity contribution is 5.84. The second-order valence-corrected chi connectivity index (χ2v) is 6.64. The number of hydrogen-bond acceptors (Lipinski definition) is 3. The van der Waals surface area contributed by atoms with Crippen LogP contribution in [-0.2, 0) is 4.79 Å². The minimum absolute atomic E-state index is 0.178. The predicted octanol–water partition coefficient (Wildman–Crippen LogP) is 3.63. The van der Waals surface area contributed by atoms with Crippen LogP contribution < -0.4 is 4.90 Å². The first-order valence-corrected chi connectivity index (χ1v) is 9.04. The van der Waals surface area contributed by atoms with Crippen LogP contribution in [0.15, 0.2) is 30.3 Å². The number of nitrogens with zero attached hydrogens (tertiary/aromatic N) is 3. The van der Waals surface area contributed by atoms with Crippen molar-refractivity contribution >= 4 is 22.6 Å². The van der Waals surface area contributed by atoms with E-state index in [0.717, 1.165) is 50.4 Å². The number of aromatic nitrogens is 1. The van der Waals surface area contributed by atoms with E-state index in [-0.39, 0.29) is 5.92 Å². The van der Waals surface area contributed by atoms with Crippen LogP contribution in [0.5, 0.6) is 0 Å². The average Bonchev–Trinajstić information content (AvgIpc) is 2.63. The molecule has 1 saturated heterocycles. The molecule has 0 saturated carbocycles. The van der Waals surface area contributed by atoms with Gasteiger partial charge in [-0.05, 0) is 37.5 Å². The van der Waals surface area contributed by atoms with Crippen molar-refractivity contribution in [3.05, 3.63) is 35.9 Å². The average molecular weight is 325 g/mol. The van der Waals surface area contributed by atoms with Crippen LogP contribution in [0.3, 0.4) is 0 Å². The van der Waals surface area contributed by atoms with Gasteiger partial charge in [-0.15, -0.1) is 0 Å². The molecule has 128 valence electrons. The summed E-state index contributed by atoms with van der Waals surface area (Å²) in [4.78, 5) is 21.7. The van der Waals surface area contributed by atoms with Crippen molar-refractivity contribution in [3.8, 4) is 0 Å². The first-order chi connectivity index (χ1) is 11.6. The lowest BCUT2D eigenvalue weighted by Gasteiger charge is -2.37. The van der Waals surface area contributed by atoms with Crippen molar-refractivity contribution in [1.82, 2.24) is 9.88 Å². The zero-order valence-corrected chi connectivity index (χ0v) is 15.0. The fourth-order valence-corrected chi connectivity index (χ4v) is 3.55. The number of carbonyl (C=O) groups is 1. The van der Waals surface area contributed by atoms with Gasteiger partial charge in [-0.1, -0.05) is 32.0 Å². The third kappa shape index (κ3) is 3.23. The van der Waals surface area contributed by atoms with Crippen LogP contribution in [0.1, 0.15) is 32.3 Å². The Hall–Kier alpha value is -2.10. The van der Waals surface area contributed by atoms with E-state index >= 15 is 0 Å². The summed E-state index contributed by atoms with van der Waals surface area (Å²) in [5.74, 6) is 1.53. The molecule has 1 fully saturated rings. The molecule has 0 N–H and O–H groups in total. The van der Waals surface area contributed by atoms with Crippen LogP contribution in [0.25, 0.3) is 10.9 Å². The highest BCUT2D eigenvalue weighted by atomic mass is 16.2. The number of aryl methyl sites for hydroxylation is 1. The predicted molar refractivity (Wildman–Crippen MR) is 99.3 cm³/mol. The highest BCUT2D eigenvalue weighted by Crippen LogP contribution is 2.23. The summed E-state index contributed by atoms with van der Waals surface area (Å²) in [6.07, 6.45) is 1.86. The summed E-state index contributed by atoms with van der Waals surface area (Å²) in [5, 5.41) is 1.21. The lowest BCUT2D eigenvalue weighted by atomic mass is 10.0. The van der Waals surface area contributed by atoms with Crippen LogP contribution in [0.2, 0.25) is 0 Å². The van der Waals surface area contributed by atoms with E-state index in [2.05, 4.69) is 49.9 Å². The Bertz CT molecular complexity index is 716. The van der Waals surface area contributed by atoms with Gasteiger partial charge in [0.2, 0.25) is 5.91 Å². The number of rotatable bonds is 4. The number of amides is 1. The first-order valence-electron chi connectivity index (χ1n) is 9.04. The van der Waals surface area contributed by atoms with Gasteiger partial charge in [0.15, 0.2) is 0 Å². The smallest absolute Gasteiger partial charge is 0.225 e. The Kier molecular flexibility index (Phi) is 5.03. The van der Waals surface area contributed by atoms with Crippen molar-refractivity contribution in [2.45, 2.75) is 33.6 Å². The van der Waals surface area contributed by atoms with Crippen molar-refractivity contribution in [2.75, 3.05) is 31.1 Å². The SMILES string of the molecule is CCC(CC)C(=O)N1CCN(c2cc(C)c3ccccc3n2)CC1. The second kappa shape index (κ2) is 7.20. The molecule has 1 aromatic carbocycles. The van der Waals surface area contributed by atoms with Crippen LogP contribution in [-0.4, -0.2) is 42.0 Å². The summed E-state index contributed by atoms with van der Waals surface area (Å²) < 4.78 is 0. The maximum Gasteiger partial charge on any atom is 0.225 e. The van der Waals surface area contributed by atoms with Gasteiger partial charge < -0.3 is 9.80 Å². The number of anilines is 1. The molecule has 1 aromatic heterocycles. The largest absolute Gasteiger partial charge is 0.353 e. The quantitative estimate of drug-likeness (QED) is 0.861. The van der Waals surface area contributed by atoms with Gasteiger partial charge in [0.1, 0.15) is 5.82 Å². The molecule has 0 spiro atoms. The molecule has 1 amide bonds. The Morgan fingerprint density at radius 3 is 2.46 bits per heavy atom. The molecule has 2 aromatic rings. The van der Waals surface area contributed by atoms with E-state index in [4.69, 9.17) is 4.98 Å². The molecule has 4 nitrogen and oxygen atoms in total. The molecule has 1 aliphatic rings. The summed E-state index contributed by atoms with van der Waals surface area (Å²) in [7, 11) is 0. The number of benzene rings is 1. The zero-order chi connectivity index (χ0) is 17.1. The van der Waals surface area contributed by atoms with Gasteiger partial charge in [-0.2, -0.15) is 0 Å². The van der Waals surface area contributed by atoms with Gasteiger partial charge in [0.25, 0.3) is 0 Å². The summed E-state index contributed by atoms with van der Waals surface area (Å²) in [6.45, 7) is 9.65. The Labute approximate surface area is 144 Å². The van der Waals surface area contributed by atoms with Crippen LogP contribution in [0, 0.1) is 12.8 Å². The molecule has 24 heavy (non-hydrogen) atoms. The van der Waals surface area contributed by atoms with Gasteiger partial charge in [-0.25, -0.2) is 4.98 Å². The van der Waals surface area contributed by atoms with E-state index in [0.29, 0.717) is 5.91 Å². The number of hydrogen-bond donors (Lipinski definition) is 0. The maximum absolute atomic E-state index is 12.5. The minimum Gasteiger partial charge on any atom is -0.353 e. The first kappa shape index (κ1) is 16.7. The number of pyridine rings is 1. The molecule has 1 aliphatic heterocycles. The lowest BCUT2D eigenvalue weighted by Crippen LogP contribution is -2.50. The van der Waals surface area contributed by atoms with E-state index in [1.165, 1.54) is 10.9 Å². The monoisotopic (exact) mass is 325 g/mol. The maximum atomic E-state index is 12.5. The molecule has 2 heterocycles. The third-order valence-electron chi connectivity index (χ3n) is 5.16. The fourth-order valence-electron chi connectivity index (χ4n) is 3.55. The molecular formula is C20H27N3O. The van der Waals surface area contributed by atoms with Gasteiger partial charge in [-0.3, -0.25) is 4.79 Å². The Morgan fingerprint density at radius 2 is 1.79 bits per heavy atom. The minimum atomic E-state index is 0.178. The molecule has 3 rings (SSSR count). The van der Waals surface area contributed by atoms with Crippen LogP contribution in [0.4, 0.5) is 5.82 Å². The molecule has 0 atom stereocenters. The van der Waals surface area contributed by atoms with Crippen molar-refractivity contribution in [3.63, 3.8) is 0 Å². The topological polar surface area (TPSA) is 36.4 Å². The van der Waals surface area contributed by atoms with Crippen LogP contribution >= 0.6 is 0 Å².